The number of benzene rings is 2. The Balaban J connectivity index is 1.87. The molecule has 0 aliphatic carbocycles. The van der Waals surface area contributed by atoms with Crippen LogP contribution in [0.3, 0.4) is 0 Å². The number of rotatable bonds is 5. The minimum absolute atomic E-state index is 0.177. The largest absolute Gasteiger partial charge is 0.452 e. The Kier molecular flexibility index (Phi) is 5.04. The van der Waals surface area contributed by atoms with Crippen LogP contribution in [-0.4, -0.2) is 23.4 Å². The average molecular weight is 334 g/mol. The Labute approximate surface area is 145 Å². The molecule has 1 N–H and O–H groups in total. The number of nitrogens with one attached hydrogen (secondary N) is 1. The van der Waals surface area contributed by atoms with Crippen molar-refractivity contribution in [2.45, 2.75) is 13.0 Å². The number of carbonyl (C=O) groups is 2. The summed E-state index contributed by atoms with van der Waals surface area (Å²) in [4.78, 5) is 28.1. The van der Waals surface area contributed by atoms with Crippen LogP contribution >= 0.6 is 0 Å². The van der Waals surface area contributed by atoms with Crippen molar-refractivity contribution in [3.05, 3.63) is 78.1 Å². The smallest absolute Gasteiger partial charge is 0.341 e. The molecule has 1 amide bonds. The van der Waals surface area contributed by atoms with Crippen molar-refractivity contribution in [3.8, 4) is 0 Å². The summed E-state index contributed by atoms with van der Waals surface area (Å²) in [6.07, 6.45) is 2.64. The predicted molar refractivity (Wildman–Crippen MR) is 95.0 cm³/mol. The SMILES string of the molecule is CC(=O)NC[C@@H](OC(=O)c1cncc2ccccc12)c1ccccc1. The molecule has 0 saturated heterocycles. The second kappa shape index (κ2) is 7.57. The Morgan fingerprint density at radius 3 is 2.52 bits per heavy atom. The number of esters is 1. The molecule has 1 atom stereocenters. The third-order valence-electron chi connectivity index (χ3n) is 3.85. The Morgan fingerprint density at radius 2 is 1.76 bits per heavy atom. The summed E-state index contributed by atoms with van der Waals surface area (Å²) in [6.45, 7) is 1.64. The van der Waals surface area contributed by atoms with Crippen molar-refractivity contribution >= 4 is 22.6 Å². The lowest BCUT2D eigenvalue weighted by molar-refractivity contribution is -0.119. The Morgan fingerprint density at radius 1 is 1.04 bits per heavy atom. The Hall–Kier alpha value is -3.21. The van der Waals surface area contributed by atoms with E-state index >= 15 is 0 Å². The number of amides is 1. The quantitative estimate of drug-likeness (QED) is 0.727. The summed E-state index contributed by atoms with van der Waals surface area (Å²) in [5.74, 6) is -0.646. The highest BCUT2D eigenvalue weighted by Gasteiger charge is 2.20. The van der Waals surface area contributed by atoms with Crippen molar-refractivity contribution in [2.75, 3.05) is 6.54 Å². The van der Waals surface area contributed by atoms with Gasteiger partial charge in [-0.2, -0.15) is 0 Å². The summed E-state index contributed by atoms with van der Waals surface area (Å²) in [6, 6.07) is 16.8. The molecule has 25 heavy (non-hydrogen) atoms. The minimum Gasteiger partial charge on any atom is -0.452 e. The van der Waals surface area contributed by atoms with Gasteiger partial charge in [-0.05, 0) is 10.9 Å². The van der Waals surface area contributed by atoms with E-state index in [9.17, 15) is 9.59 Å². The molecule has 2 aromatic carbocycles. The lowest BCUT2D eigenvalue weighted by Gasteiger charge is -2.19. The van der Waals surface area contributed by atoms with E-state index in [2.05, 4.69) is 10.3 Å². The van der Waals surface area contributed by atoms with Crippen LogP contribution in [0.1, 0.15) is 28.9 Å². The third-order valence-corrected chi connectivity index (χ3v) is 3.85. The molecule has 0 bridgehead atoms. The summed E-state index contributed by atoms with van der Waals surface area (Å²) in [5, 5.41) is 4.36. The van der Waals surface area contributed by atoms with Crippen LogP contribution in [-0.2, 0) is 9.53 Å². The molecular formula is C20H18N2O3. The molecule has 0 aliphatic rings. The van der Waals surface area contributed by atoms with Crippen molar-refractivity contribution in [3.63, 3.8) is 0 Å². The van der Waals surface area contributed by atoms with Crippen LogP contribution in [0.5, 0.6) is 0 Å². The van der Waals surface area contributed by atoms with Gasteiger partial charge in [0.2, 0.25) is 5.91 Å². The topological polar surface area (TPSA) is 68.3 Å². The van der Waals surface area contributed by atoms with Gasteiger partial charge >= 0.3 is 5.97 Å². The van der Waals surface area contributed by atoms with E-state index in [1.54, 1.807) is 6.20 Å². The van der Waals surface area contributed by atoms with Gasteiger partial charge in [0.1, 0.15) is 6.10 Å². The van der Waals surface area contributed by atoms with E-state index in [4.69, 9.17) is 4.74 Å². The normalized spacial score (nSPS) is 11.7. The minimum atomic E-state index is -0.573. The number of hydrogen-bond acceptors (Lipinski definition) is 4. The fraction of sp³-hybridized carbons (Fsp3) is 0.150. The number of ether oxygens (including phenoxy) is 1. The van der Waals surface area contributed by atoms with Gasteiger partial charge in [-0.1, -0.05) is 54.6 Å². The molecule has 3 aromatic rings. The highest BCUT2D eigenvalue weighted by molar-refractivity contribution is 6.03. The van der Waals surface area contributed by atoms with Crippen LogP contribution in [0, 0.1) is 0 Å². The van der Waals surface area contributed by atoms with Gasteiger partial charge in [-0.25, -0.2) is 4.79 Å². The van der Waals surface area contributed by atoms with Crippen LogP contribution in [0.2, 0.25) is 0 Å². The lowest BCUT2D eigenvalue weighted by Crippen LogP contribution is -2.28. The molecule has 1 aromatic heterocycles. The van der Waals surface area contributed by atoms with Crippen molar-refractivity contribution in [1.29, 1.82) is 0 Å². The molecule has 126 valence electrons. The summed E-state index contributed by atoms with van der Waals surface area (Å²) >= 11 is 0. The number of nitrogens with zero attached hydrogens (tertiary/aromatic N) is 1. The van der Waals surface area contributed by atoms with E-state index in [-0.39, 0.29) is 12.5 Å². The second-order valence-corrected chi connectivity index (χ2v) is 5.65. The van der Waals surface area contributed by atoms with Gasteiger partial charge < -0.3 is 10.1 Å². The molecule has 0 aliphatic heterocycles. The van der Waals surface area contributed by atoms with Gasteiger partial charge in [-0.15, -0.1) is 0 Å². The first-order valence-corrected chi connectivity index (χ1v) is 7.98. The highest BCUT2D eigenvalue weighted by atomic mass is 16.5. The van der Waals surface area contributed by atoms with E-state index in [0.717, 1.165) is 16.3 Å². The maximum Gasteiger partial charge on any atom is 0.341 e. The van der Waals surface area contributed by atoms with E-state index in [0.29, 0.717) is 5.56 Å². The molecule has 0 fully saturated rings. The van der Waals surface area contributed by atoms with Crippen LogP contribution < -0.4 is 5.32 Å². The van der Waals surface area contributed by atoms with Crippen LogP contribution in [0.15, 0.2) is 67.0 Å². The predicted octanol–water partition coefficient (Wildman–Crippen LogP) is 3.27. The molecule has 0 saturated carbocycles. The van der Waals surface area contributed by atoms with Crippen LogP contribution in [0.4, 0.5) is 0 Å². The molecule has 0 unspecified atom stereocenters. The zero-order valence-electron chi connectivity index (χ0n) is 13.8. The first kappa shape index (κ1) is 16.6. The van der Waals surface area contributed by atoms with Gasteiger partial charge in [0.15, 0.2) is 0 Å². The molecule has 5 nitrogen and oxygen atoms in total. The van der Waals surface area contributed by atoms with Crippen molar-refractivity contribution in [2.24, 2.45) is 0 Å². The van der Waals surface area contributed by atoms with E-state index in [1.807, 2.05) is 54.6 Å². The molecular weight excluding hydrogens is 316 g/mol. The summed E-state index contributed by atoms with van der Waals surface area (Å²) < 4.78 is 5.69. The highest BCUT2D eigenvalue weighted by Crippen LogP contribution is 2.22. The van der Waals surface area contributed by atoms with E-state index < -0.39 is 12.1 Å². The maximum absolute atomic E-state index is 12.7. The number of carbonyl (C=O) groups excluding carboxylic acids is 2. The zero-order chi connectivity index (χ0) is 17.6. The van der Waals surface area contributed by atoms with Gasteiger partial charge in [0.05, 0.1) is 12.1 Å². The fourth-order valence-corrected chi connectivity index (χ4v) is 2.60. The third kappa shape index (κ3) is 4.01. The maximum atomic E-state index is 12.7. The standard InChI is InChI=1S/C20H18N2O3/c1-14(23)22-13-19(15-7-3-2-4-8-15)25-20(24)18-12-21-11-16-9-5-6-10-17(16)18/h2-12,19H,13H2,1H3,(H,22,23)/t19-/m1/s1. The van der Waals surface area contributed by atoms with Gasteiger partial charge in [0.25, 0.3) is 0 Å². The van der Waals surface area contributed by atoms with Gasteiger partial charge in [-0.3, -0.25) is 9.78 Å². The number of hydrogen-bond donors (Lipinski definition) is 1. The van der Waals surface area contributed by atoms with Crippen molar-refractivity contribution in [1.82, 2.24) is 10.3 Å². The number of pyridine rings is 1. The average Bonchev–Trinajstić information content (AvgIpc) is 2.65. The molecule has 5 heteroatoms. The van der Waals surface area contributed by atoms with Crippen LogP contribution in [0.25, 0.3) is 10.8 Å². The lowest BCUT2D eigenvalue weighted by atomic mass is 10.1. The second-order valence-electron chi connectivity index (χ2n) is 5.65. The number of fused-ring (bicyclic) bond motifs is 1. The monoisotopic (exact) mass is 334 g/mol. The van der Waals surface area contributed by atoms with Crippen molar-refractivity contribution < 1.29 is 14.3 Å². The number of aromatic nitrogens is 1. The fourth-order valence-electron chi connectivity index (χ4n) is 2.60. The molecule has 3 rings (SSSR count). The first-order valence-electron chi connectivity index (χ1n) is 7.98. The first-order chi connectivity index (χ1) is 12.1. The molecule has 0 spiro atoms. The molecule has 0 radical (unpaired) electrons. The zero-order valence-corrected chi connectivity index (χ0v) is 13.8. The summed E-state index contributed by atoms with van der Waals surface area (Å²) in [5.41, 5.74) is 1.22. The molecule has 1 heterocycles. The van der Waals surface area contributed by atoms with E-state index in [1.165, 1.54) is 13.1 Å². The van der Waals surface area contributed by atoms with Gasteiger partial charge in [0, 0.05) is 24.7 Å². The Bertz CT molecular complexity index is 888. The summed E-state index contributed by atoms with van der Waals surface area (Å²) in [7, 11) is 0.